The summed E-state index contributed by atoms with van der Waals surface area (Å²) >= 11 is 0. The highest BCUT2D eigenvalue weighted by Gasteiger charge is 2.51. The van der Waals surface area contributed by atoms with Gasteiger partial charge in [0, 0.05) is 13.7 Å². The number of fused-ring (bicyclic) bond motifs is 1. The van der Waals surface area contributed by atoms with E-state index in [9.17, 15) is 9.59 Å². The monoisotopic (exact) mass is 383 g/mol. The van der Waals surface area contributed by atoms with Crippen LogP contribution in [0.15, 0.2) is 35.6 Å². The normalized spacial score (nSPS) is 27.1. The van der Waals surface area contributed by atoms with Crippen LogP contribution < -0.4 is 0 Å². The van der Waals surface area contributed by atoms with Crippen molar-refractivity contribution >= 4 is 11.7 Å². The second-order valence-corrected chi connectivity index (χ2v) is 8.37. The van der Waals surface area contributed by atoms with Crippen molar-refractivity contribution in [3.8, 4) is 0 Å². The highest BCUT2D eigenvalue weighted by atomic mass is 16.5. The summed E-state index contributed by atoms with van der Waals surface area (Å²) in [7, 11) is 1.62. The first kappa shape index (κ1) is 19.2. The van der Waals surface area contributed by atoms with Crippen molar-refractivity contribution in [2.45, 2.75) is 57.6 Å². The number of ether oxygens (including phenoxy) is 2. The van der Waals surface area contributed by atoms with E-state index in [-0.39, 0.29) is 35.5 Å². The van der Waals surface area contributed by atoms with Crippen molar-refractivity contribution in [3.05, 3.63) is 46.7 Å². The van der Waals surface area contributed by atoms with Gasteiger partial charge in [-0.1, -0.05) is 44.5 Å². The molecule has 0 aromatic heterocycles. The Balaban J connectivity index is 1.74. The van der Waals surface area contributed by atoms with E-state index >= 15 is 0 Å². The lowest BCUT2D eigenvalue weighted by Crippen LogP contribution is -2.39. The number of carbonyl (C=O) groups excluding carboxylic acids is 2. The molecule has 1 saturated carbocycles. The Morgan fingerprint density at radius 1 is 1.14 bits per heavy atom. The molecule has 1 aromatic carbocycles. The second-order valence-electron chi connectivity index (χ2n) is 8.37. The van der Waals surface area contributed by atoms with Crippen molar-refractivity contribution < 1.29 is 19.1 Å². The van der Waals surface area contributed by atoms with E-state index in [4.69, 9.17) is 9.47 Å². The highest BCUT2D eigenvalue weighted by molar-refractivity contribution is 6.11. The Morgan fingerprint density at radius 3 is 2.54 bits per heavy atom. The number of hydrogen-bond donors (Lipinski definition) is 0. The Morgan fingerprint density at radius 2 is 1.86 bits per heavy atom. The fourth-order valence-corrected chi connectivity index (χ4v) is 4.72. The van der Waals surface area contributed by atoms with E-state index in [0.29, 0.717) is 24.6 Å². The number of nitrogens with zero attached hydrogens (tertiary/aromatic N) is 1. The summed E-state index contributed by atoms with van der Waals surface area (Å²) in [6.45, 7) is 5.17. The number of carbonyl (C=O) groups is 2. The summed E-state index contributed by atoms with van der Waals surface area (Å²) < 4.78 is 11.4. The van der Waals surface area contributed by atoms with Gasteiger partial charge in [0.05, 0.1) is 24.1 Å². The molecule has 5 nitrogen and oxygen atoms in total. The van der Waals surface area contributed by atoms with E-state index in [1.54, 1.807) is 12.0 Å². The Labute approximate surface area is 166 Å². The van der Waals surface area contributed by atoms with Crippen molar-refractivity contribution in [3.63, 3.8) is 0 Å². The minimum Gasteiger partial charge on any atom is -0.483 e. The number of hydrogen-bond acceptors (Lipinski definition) is 4. The Kier molecular flexibility index (Phi) is 5.28. The average molecular weight is 383 g/mol. The molecule has 150 valence electrons. The zero-order valence-electron chi connectivity index (χ0n) is 16.9. The van der Waals surface area contributed by atoms with Gasteiger partial charge in [0.25, 0.3) is 5.91 Å². The summed E-state index contributed by atoms with van der Waals surface area (Å²) in [4.78, 5) is 28.3. The molecule has 0 bridgehead atoms. The molecule has 4 rings (SSSR count). The molecular weight excluding hydrogens is 354 g/mol. The van der Waals surface area contributed by atoms with Gasteiger partial charge in [-0.25, -0.2) is 0 Å². The van der Waals surface area contributed by atoms with Crippen LogP contribution in [-0.2, 0) is 19.1 Å². The van der Waals surface area contributed by atoms with Gasteiger partial charge in [-0.2, -0.15) is 0 Å². The third-order valence-electron chi connectivity index (χ3n) is 6.31. The molecule has 2 heterocycles. The lowest BCUT2D eigenvalue weighted by molar-refractivity contribution is -0.135. The summed E-state index contributed by atoms with van der Waals surface area (Å²) in [5, 5.41) is 0. The van der Waals surface area contributed by atoms with Crippen LogP contribution in [0.25, 0.3) is 0 Å². The molecule has 3 aliphatic rings. The molecule has 0 saturated heterocycles. The summed E-state index contributed by atoms with van der Waals surface area (Å²) in [6.07, 6.45) is 3.67. The molecule has 3 atom stereocenters. The Hall–Kier alpha value is -2.14. The molecule has 0 radical (unpaired) electrons. The molecule has 1 amide bonds. The molecule has 5 heteroatoms. The van der Waals surface area contributed by atoms with Crippen LogP contribution in [-0.4, -0.2) is 43.0 Å². The van der Waals surface area contributed by atoms with Crippen LogP contribution in [0.2, 0.25) is 0 Å². The summed E-state index contributed by atoms with van der Waals surface area (Å²) in [5.74, 6) is 0.531. The predicted molar refractivity (Wildman–Crippen MR) is 106 cm³/mol. The highest BCUT2D eigenvalue weighted by Crippen LogP contribution is 2.46. The maximum Gasteiger partial charge on any atom is 0.290 e. The Bertz CT molecular complexity index is 795. The van der Waals surface area contributed by atoms with Crippen LogP contribution in [0.4, 0.5) is 0 Å². The number of ketones is 1. The van der Waals surface area contributed by atoms with Gasteiger partial charge < -0.3 is 14.4 Å². The summed E-state index contributed by atoms with van der Waals surface area (Å²) in [6, 6.07) is 7.89. The van der Waals surface area contributed by atoms with Gasteiger partial charge in [-0.3, -0.25) is 9.59 Å². The first-order chi connectivity index (χ1) is 13.5. The topological polar surface area (TPSA) is 55.8 Å². The smallest absolute Gasteiger partial charge is 0.290 e. The fourth-order valence-electron chi connectivity index (χ4n) is 4.72. The molecule has 1 aromatic rings. The van der Waals surface area contributed by atoms with Gasteiger partial charge in [0.15, 0.2) is 11.5 Å². The van der Waals surface area contributed by atoms with Crippen LogP contribution in [0.1, 0.15) is 62.6 Å². The number of amides is 1. The standard InChI is InChI=1S/C23H29NO4/c1-14(2)15-8-10-16(11-9-15)20-19-21(25)17-6-4-5-7-18(17)28-22(19)23(26)24(20)12-13-27-3/h8-11,14,17-18,20H,4-7,12-13H2,1-3H3. The van der Waals surface area contributed by atoms with E-state index in [1.165, 1.54) is 5.56 Å². The largest absolute Gasteiger partial charge is 0.483 e. The molecular formula is C23H29NO4. The minimum atomic E-state index is -0.380. The number of benzene rings is 1. The lowest BCUT2D eigenvalue weighted by Gasteiger charge is -2.35. The van der Waals surface area contributed by atoms with Gasteiger partial charge in [0.2, 0.25) is 0 Å². The molecule has 3 unspecified atom stereocenters. The first-order valence-electron chi connectivity index (χ1n) is 10.4. The third-order valence-corrected chi connectivity index (χ3v) is 6.31. The van der Waals surface area contributed by atoms with Crippen molar-refractivity contribution in [2.24, 2.45) is 5.92 Å². The van der Waals surface area contributed by atoms with E-state index < -0.39 is 0 Å². The number of Topliss-reactive ketones (excluding diaryl/α,β-unsaturated/α-hetero) is 1. The average Bonchev–Trinajstić information content (AvgIpc) is 2.99. The molecule has 2 aliphatic heterocycles. The zero-order valence-corrected chi connectivity index (χ0v) is 16.9. The first-order valence-corrected chi connectivity index (χ1v) is 10.4. The van der Waals surface area contributed by atoms with Gasteiger partial charge in [-0.05, 0) is 36.3 Å². The molecule has 1 aliphatic carbocycles. The van der Waals surface area contributed by atoms with Crippen LogP contribution in [0, 0.1) is 5.92 Å². The van der Waals surface area contributed by atoms with E-state index in [0.717, 1.165) is 31.2 Å². The number of rotatable bonds is 5. The van der Waals surface area contributed by atoms with E-state index in [2.05, 4.69) is 26.0 Å². The van der Waals surface area contributed by atoms with Gasteiger partial charge in [-0.15, -0.1) is 0 Å². The van der Waals surface area contributed by atoms with E-state index in [1.807, 2.05) is 12.1 Å². The van der Waals surface area contributed by atoms with Crippen molar-refractivity contribution in [1.82, 2.24) is 4.90 Å². The molecule has 1 fully saturated rings. The zero-order chi connectivity index (χ0) is 19.8. The predicted octanol–water partition coefficient (Wildman–Crippen LogP) is 3.75. The number of methoxy groups -OCH3 is 1. The fraction of sp³-hybridized carbons (Fsp3) is 0.565. The molecule has 0 spiro atoms. The van der Waals surface area contributed by atoms with Gasteiger partial charge >= 0.3 is 0 Å². The lowest BCUT2D eigenvalue weighted by atomic mass is 9.77. The quantitative estimate of drug-likeness (QED) is 0.777. The summed E-state index contributed by atoms with van der Waals surface area (Å²) in [5.41, 5.74) is 2.76. The second kappa shape index (κ2) is 7.70. The molecule has 28 heavy (non-hydrogen) atoms. The molecule has 0 N–H and O–H groups in total. The van der Waals surface area contributed by atoms with Gasteiger partial charge in [0.1, 0.15) is 6.10 Å². The van der Waals surface area contributed by atoms with Crippen LogP contribution in [0.5, 0.6) is 0 Å². The van der Waals surface area contributed by atoms with Crippen molar-refractivity contribution in [2.75, 3.05) is 20.3 Å². The SMILES string of the molecule is COCCN1C(=O)C2=C(C(=O)C3CCCCC3O2)C1c1ccc(C(C)C)cc1. The third kappa shape index (κ3) is 3.16. The van der Waals surface area contributed by atoms with Crippen LogP contribution >= 0.6 is 0 Å². The minimum absolute atomic E-state index is 0.108. The van der Waals surface area contributed by atoms with Crippen LogP contribution in [0.3, 0.4) is 0 Å². The van der Waals surface area contributed by atoms with Crippen molar-refractivity contribution in [1.29, 1.82) is 0 Å². The maximum atomic E-state index is 13.4. The maximum absolute atomic E-state index is 13.4.